The van der Waals surface area contributed by atoms with Crippen LogP contribution in [0, 0.1) is 0 Å². The third kappa shape index (κ3) is 2.92. The van der Waals surface area contributed by atoms with E-state index in [9.17, 15) is 4.79 Å². The van der Waals surface area contributed by atoms with E-state index < -0.39 is 5.60 Å². The second-order valence-electron chi connectivity index (χ2n) is 7.38. The molecular formula is C20H24O3. The standard InChI is InChI=1S/C20H24O3/c1-12-13(2)15-9-10-17(16-8-6-7-14(12)19(15)16)22-11-18(21)23-20(3,4)5/h6-10,12-13H,11H2,1-5H3. The Balaban J connectivity index is 1.88. The molecule has 3 rings (SSSR count). The van der Waals surface area contributed by atoms with Crippen LogP contribution in [0.3, 0.4) is 0 Å². The maximum absolute atomic E-state index is 11.9. The van der Waals surface area contributed by atoms with Crippen LogP contribution >= 0.6 is 0 Å². The number of ether oxygens (including phenoxy) is 2. The molecule has 122 valence electrons. The van der Waals surface area contributed by atoms with Gasteiger partial charge in [0, 0.05) is 5.39 Å². The van der Waals surface area contributed by atoms with E-state index in [-0.39, 0.29) is 12.6 Å². The van der Waals surface area contributed by atoms with Crippen molar-refractivity contribution < 1.29 is 14.3 Å². The lowest BCUT2D eigenvalue weighted by Crippen LogP contribution is -2.27. The Morgan fingerprint density at radius 2 is 1.70 bits per heavy atom. The first-order valence-electron chi connectivity index (χ1n) is 8.18. The first-order chi connectivity index (χ1) is 10.8. The molecule has 0 heterocycles. The zero-order valence-corrected chi connectivity index (χ0v) is 14.5. The number of hydrogen-bond acceptors (Lipinski definition) is 3. The Labute approximate surface area is 137 Å². The van der Waals surface area contributed by atoms with Gasteiger partial charge in [0.1, 0.15) is 11.4 Å². The Morgan fingerprint density at radius 1 is 1.04 bits per heavy atom. The Morgan fingerprint density at radius 3 is 2.35 bits per heavy atom. The highest BCUT2D eigenvalue weighted by atomic mass is 16.6. The molecule has 2 atom stereocenters. The fourth-order valence-corrected chi connectivity index (χ4v) is 3.37. The molecule has 0 spiro atoms. The van der Waals surface area contributed by atoms with Crippen LogP contribution in [0.25, 0.3) is 10.8 Å². The van der Waals surface area contributed by atoms with E-state index >= 15 is 0 Å². The van der Waals surface area contributed by atoms with Gasteiger partial charge in [-0.05, 0) is 55.2 Å². The molecule has 0 aromatic heterocycles. The molecule has 0 bridgehead atoms. The molecule has 0 N–H and O–H groups in total. The molecule has 2 aromatic rings. The third-order valence-electron chi connectivity index (χ3n) is 4.56. The number of rotatable bonds is 3. The molecule has 3 heteroatoms. The molecule has 0 saturated carbocycles. The van der Waals surface area contributed by atoms with Gasteiger partial charge in [-0.15, -0.1) is 0 Å². The highest BCUT2D eigenvalue weighted by Crippen LogP contribution is 2.48. The van der Waals surface area contributed by atoms with E-state index in [2.05, 4.69) is 38.1 Å². The molecular weight excluding hydrogens is 288 g/mol. The Bertz CT molecular complexity index is 741. The van der Waals surface area contributed by atoms with Crippen molar-refractivity contribution in [3.8, 4) is 5.75 Å². The molecule has 0 fully saturated rings. The SMILES string of the molecule is CC1c2cccc3c(OCC(=O)OC(C)(C)C)ccc(c23)C1C. The monoisotopic (exact) mass is 312 g/mol. The van der Waals surface area contributed by atoms with E-state index in [4.69, 9.17) is 9.47 Å². The van der Waals surface area contributed by atoms with Crippen LogP contribution in [-0.4, -0.2) is 18.2 Å². The fraction of sp³-hybridized carbons (Fsp3) is 0.450. The van der Waals surface area contributed by atoms with Gasteiger partial charge in [0.25, 0.3) is 0 Å². The van der Waals surface area contributed by atoms with Crippen LogP contribution in [0.1, 0.15) is 57.6 Å². The second kappa shape index (κ2) is 5.55. The predicted octanol–water partition coefficient (Wildman–Crippen LogP) is 4.78. The van der Waals surface area contributed by atoms with Crippen molar-refractivity contribution in [2.75, 3.05) is 6.61 Å². The van der Waals surface area contributed by atoms with Gasteiger partial charge in [-0.3, -0.25) is 0 Å². The van der Waals surface area contributed by atoms with Gasteiger partial charge < -0.3 is 9.47 Å². The number of carbonyl (C=O) groups excluding carboxylic acids is 1. The highest BCUT2D eigenvalue weighted by Gasteiger charge is 2.29. The molecule has 0 saturated heterocycles. The number of benzene rings is 2. The van der Waals surface area contributed by atoms with Crippen LogP contribution in [0.5, 0.6) is 5.75 Å². The van der Waals surface area contributed by atoms with Crippen LogP contribution in [0.4, 0.5) is 0 Å². The Kier molecular flexibility index (Phi) is 3.83. The summed E-state index contributed by atoms with van der Waals surface area (Å²) in [6.45, 7) is 10.0. The van der Waals surface area contributed by atoms with Crippen LogP contribution in [-0.2, 0) is 9.53 Å². The second-order valence-corrected chi connectivity index (χ2v) is 7.38. The lowest BCUT2D eigenvalue weighted by Gasteiger charge is -2.19. The topological polar surface area (TPSA) is 35.5 Å². The molecule has 3 nitrogen and oxygen atoms in total. The molecule has 1 aliphatic carbocycles. The van der Waals surface area contributed by atoms with Crippen LogP contribution in [0.2, 0.25) is 0 Å². The Hall–Kier alpha value is -2.03. The molecule has 2 aromatic carbocycles. The lowest BCUT2D eigenvalue weighted by atomic mass is 9.94. The first kappa shape index (κ1) is 15.9. The van der Waals surface area contributed by atoms with Gasteiger partial charge in [0.2, 0.25) is 0 Å². The largest absolute Gasteiger partial charge is 0.481 e. The van der Waals surface area contributed by atoms with Crippen molar-refractivity contribution in [1.29, 1.82) is 0 Å². The van der Waals surface area contributed by atoms with Crippen molar-refractivity contribution in [1.82, 2.24) is 0 Å². The number of esters is 1. The van der Waals surface area contributed by atoms with Crippen LogP contribution < -0.4 is 4.74 Å². The quantitative estimate of drug-likeness (QED) is 0.765. The number of carbonyl (C=O) groups is 1. The van der Waals surface area contributed by atoms with E-state index in [0.717, 1.165) is 11.1 Å². The minimum atomic E-state index is -0.493. The molecule has 2 unspecified atom stereocenters. The molecule has 1 aliphatic rings. The van der Waals surface area contributed by atoms with E-state index in [1.165, 1.54) is 16.5 Å². The summed E-state index contributed by atoms with van der Waals surface area (Å²) in [5, 5.41) is 2.37. The molecule has 23 heavy (non-hydrogen) atoms. The maximum atomic E-state index is 11.9. The van der Waals surface area contributed by atoms with E-state index in [1.54, 1.807) is 0 Å². The van der Waals surface area contributed by atoms with Crippen molar-refractivity contribution >= 4 is 16.7 Å². The molecule has 0 amide bonds. The average Bonchev–Trinajstić information content (AvgIpc) is 2.72. The lowest BCUT2D eigenvalue weighted by molar-refractivity contribution is -0.157. The van der Waals surface area contributed by atoms with Gasteiger partial charge in [0.15, 0.2) is 6.61 Å². The summed E-state index contributed by atoms with van der Waals surface area (Å²) in [5.74, 6) is 1.42. The normalized spacial score (nSPS) is 19.9. The summed E-state index contributed by atoms with van der Waals surface area (Å²) >= 11 is 0. The van der Waals surface area contributed by atoms with Crippen molar-refractivity contribution in [3.63, 3.8) is 0 Å². The van der Waals surface area contributed by atoms with Gasteiger partial charge in [-0.2, -0.15) is 0 Å². The van der Waals surface area contributed by atoms with Gasteiger partial charge >= 0.3 is 5.97 Å². The maximum Gasteiger partial charge on any atom is 0.344 e. The summed E-state index contributed by atoms with van der Waals surface area (Å²) in [6, 6.07) is 10.4. The number of hydrogen-bond donors (Lipinski definition) is 0. The predicted molar refractivity (Wildman–Crippen MR) is 92.1 cm³/mol. The summed E-state index contributed by atoms with van der Waals surface area (Å²) in [6.07, 6.45) is 0. The minimum Gasteiger partial charge on any atom is -0.481 e. The highest BCUT2D eigenvalue weighted by molar-refractivity contribution is 5.96. The van der Waals surface area contributed by atoms with Gasteiger partial charge in [0.05, 0.1) is 0 Å². The van der Waals surface area contributed by atoms with Crippen LogP contribution in [0.15, 0.2) is 30.3 Å². The van der Waals surface area contributed by atoms with E-state index in [1.807, 2.05) is 26.8 Å². The summed E-state index contributed by atoms with van der Waals surface area (Å²) in [4.78, 5) is 11.9. The molecule has 0 radical (unpaired) electrons. The minimum absolute atomic E-state index is 0.0684. The van der Waals surface area contributed by atoms with Gasteiger partial charge in [-0.1, -0.05) is 38.1 Å². The third-order valence-corrected chi connectivity index (χ3v) is 4.56. The summed E-state index contributed by atoms with van der Waals surface area (Å²) < 4.78 is 11.1. The summed E-state index contributed by atoms with van der Waals surface area (Å²) in [7, 11) is 0. The summed E-state index contributed by atoms with van der Waals surface area (Å²) in [5.41, 5.74) is 2.24. The zero-order chi connectivity index (χ0) is 16.8. The van der Waals surface area contributed by atoms with Crippen molar-refractivity contribution in [3.05, 3.63) is 41.5 Å². The van der Waals surface area contributed by atoms with Crippen molar-refractivity contribution in [2.45, 2.75) is 52.1 Å². The van der Waals surface area contributed by atoms with E-state index in [0.29, 0.717) is 11.8 Å². The first-order valence-corrected chi connectivity index (χ1v) is 8.18. The zero-order valence-electron chi connectivity index (χ0n) is 14.5. The average molecular weight is 312 g/mol. The van der Waals surface area contributed by atoms with Gasteiger partial charge in [-0.25, -0.2) is 4.79 Å². The smallest absolute Gasteiger partial charge is 0.344 e. The fourth-order valence-electron chi connectivity index (χ4n) is 3.37. The van der Waals surface area contributed by atoms with Crippen molar-refractivity contribution in [2.24, 2.45) is 0 Å². The molecule has 0 aliphatic heterocycles.